The van der Waals surface area contributed by atoms with Crippen LogP contribution < -0.4 is 4.74 Å². The van der Waals surface area contributed by atoms with Gasteiger partial charge in [0.1, 0.15) is 5.60 Å². The summed E-state index contributed by atoms with van der Waals surface area (Å²) in [4.78, 5) is 38.3. The molecule has 0 spiro atoms. The molecular formula is C28H36F2N4O4. The predicted molar refractivity (Wildman–Crippen MR) is 137 cm³/mol. The first kappa shape index (κ1) is 27.7. The highest BCUT2D eigenvalue weighted by Crippen LogP contribution is 2.30. The van der Waals surface area contributed by atoms with Crippen LogP contribution in [-0.4, -0.2) is 63.6 Å². The number of esters is 1. The topological polar surface area (TPSA) is 84.9 Å². The number of nitrogens with zero attached hydrogens (tertiary/aromatic N) is 4. The van der Waals surface area contributed by atoms with Crippen LogP contribution in [0.2, 0.25) is 0 Å². The third kappa shape index (κ3) is 7.39. The van der Waals surface area contributed by atoms with Crippen molar-refractivity contribution in [3.05, 3.63) is 53.0 Å². The number of rotatable bonds is 10. The van der Waals surface area contributed by atoms with Crippen molar-refractivity contribution in [3.63, 3.8) is 0 Å². The van der Waals surface area contributed by atoms with Crippen molar-refractivity contribution >= 4 is 12.0 Å². The Morgan fingerprint density at radius 2 is 1.89 bits per heavy atom. The Balaban J connectivity index is 1.41. The minimum atomic E-state index is -2.99. The van der Waals surface area contributed by atoms with Gasteiger partial charge in [0.25, 0.3) is 0 Å². The molecular weight excluding hydrogens is 494 g/mol. The van der Waals surface area contributed by atoms with Gasteiger partial charge in [-0.1, -0.05) is 12.1 Å². The Labute approximate surface area is 222 Å². The van der Waals surface area contributed by atoms with Crippen LogP contribution in [-0.2, 0) is 28.8 Å². The Morgan fingerprint density at radius 3 is 2.61 bits per heavy atom. The maximum absolute atomic E-state index is 13.4. The van der Waals surface area contributed by atoms with E-state index in [1.807, 2.05) is 0 Å². The molecule has 0 bridgehead atoms. The number of halogens is 2. The standard InChI is InChI=1S/C28H36F2N4O4/c1-28(2,3)38-25(35)17-23(20-11-13-24(31-18-20)37-26(29)30)34-16-15-33(27(34)36)14-6-8-21-12-10-19-7-4-5-9-22(19)32-21/h10-13,18,23,26H,4-9,14-17H2,1-3H3. The first-order valence-corrected chi connectivity index (χ1v) is 13.2. The van der Waals surface area contributed by atoms with E-state index in [0.29, 0.717) is 25.2 Å². The molecule has 3 heterocycles. The lowest BCUT2D eigenvalue weighted by atomic mass is 9.95. The molecule has 0 radical (unpaired) electrons. The van der Waals surface area contributed by atoms with Crippen molar-refractivity contribution < 1.29 is 27.8 Å². The Hall–Kier alpha value is -3.30. The summed E-state index contributed by atoms with van der Waals surface area (Å²) in [5, 5.41) is 0. The number of pyridine rings is 2. The highest BCUT2D eigenvalue weighted by Gasteiger charge is 2.36. The Bertz CT molecular complexity index is 1120. The van der Waals surface area contributed by atoms with Gasteiger partial charge >= 0.3 is 18.6 Å². The van der Waals surface area contributed by atoms with Gasteiger partial charge in [-0.25, -0.2) is 9.78 Å². The second-order valence-corrected chi connectivity index (χ2v) is 10.8. The first-order chi connectivity index (χ1) is 18.1. The molecule has 1 unspecified atom stereocenters. The lowest BCUT2D eigenvalue weighted by Gasteiger charge is -2.29. The van der Waals surface area contributed by atoms with Crippen LogP contribution in [0.3, 0.4) is 0 Å². The van der Waals surface area contributed by atoms with E-state index in [9.17, 15) is 18.4 Å². The van der Waals surface area contributed by atoms with Crippen molar-refractivity contribution in [2.75, 3.05) is 19.6 Å². The Kier molecular flexibility index (Phi) is 8.79. The number of ether oxygens (including phenoxy) is 2. The number of carbonyl (C=O) groups excluding carboxylic acids is 2. The number of hydrogen-bond donors (Lipinski definition) is 0. The Morgan fingerprint density at radius 1 is 1.11 bits per heavy atom. The van der Waals surface area contributed by atoms with E-state index >= 15 is 0 Å². The van der Waals surface area contributed by atoms with Crippen LogP contribution in [0.25, 0.3) is 0 Å². The maximum Gasteiger partial charge on any atom is 0.388 e. The minimum Gasteiger partial charge on any atom is -0.460 e. The number of urea groups is 1. The number of aromatic nitrogens is 2. The summed E-state index contributed by atoms with van der Waals surface area (Å²) in [6.07, 6.45) is 7.40. The summed E-state index contributed by atoms with van der Waals surface area (Å²) in [5.41, 5.74) is 3.48. The lowest BCUT2D eigenvalue weighted by molar-refractivity contribution is -0.156. The maximum atomic E-state index is 13.4. The van der Waals surface area contributed by atoms with Gasteiger partial charge in [0, 0.05) is 43.3 Å². The van der Waals surface area contributed by atoms with Gasteiger partial charge in [-0.05, 0) is 76.5 Å². The van der Waals surface area contributed by atoms with E-state index < -0.39 is 24.2 Å². The predicted octanol–water partition coefficient (Wildman–Crippen LogP) is 5.10. The van der Waals surface area contributed by atoms with Crippen molar-refractivity contribution in [2.24, 2.45) is 0 Å². The van der Waals surface area contributed by atoms with E-state index in [-0.39, 0.29) is 18.3 Å². The largest absolute Gasteiger partial charge is 0.460 e. The SMILES string of the molecule is CC(C)(C)OC(=O)CC(c1ccc(OC(F)F)nc1)N1CCN(CCCc2ccc3c(n2)CCCC3)C1=O. The fourth-order valence-electron chi connectivity index (χ4n) is 5.01. The molecule has 1 aliphatic carbocycles. The van der Waals surface area contributed by atoms with Crippen LogP contribution in [0.15, 0.2) is 30.5 Å². The number of alkyl halides is 2. The lowest BCUT2D eigenvalue weighted by Crippen LogP contribution is -2.37. The molecule has 2 aromatic heterocycles. The number of hydrogen-bond acceptors (Lipinski definition) is 6. The molecule has 2 amide bonds. The molecule has 38 heavy (non-hydrogen) atoms. The van der Waals surface area contributed by atoms with E-state index in [4.69, 9.17) is 9.72 Å². The summed E-state index contributed by atoms with van der Waals surface area (Å²) < 4.78 is 34.9. The molecule has 1 saturated heterocycles. The molecule has 8 nitrogen and oxygen atoms in total. The van der Waals surface area contributed by atoms with Gasteiger partial charge in [0.05, 0.1) is 12.5 Å². The summed E-state index contributed by atoms with van der Waals surface area (Å²) in [7, 11) is 0. The third-order valence-electron chi connectivity index (χ3n) is 6.73. The monoisotopic (exact) mass is 530 g/mol. The summed E-state index contributed by atoms with van der Waals surface area (Å²) in [5.74, 6) is -0.690. The van der Waals surface area contributed by atoms with E-state index in [2.05, 4.69) is 21.9 Å². The van der Waals surface area contributed by atoms with Gasteiger partial charge in [-0.3, -0.25) is 9.78 Å². The first-order valence-electron chi connectivity index (χ1n) is 13.2. The zero-order valence-corrected chi connectivity index (χ0v) is 22.3. The molecule has 1 atom stereocenters. The zero-order chi connectivity index (χ0) is 27.3. The molecule has 1 aliphatic heterocycles. The second kappa shape index (κ2) is 12.0. The second-order valence-electron chi connectivity index (χ2n) is 10.8. The van der Waals surface area contributed by atoms with Crippen LogP contribution >= 0.6 is 0 Å². The molecule has 0 N–H and O–H groups in total. The van der Waals surface area contributed by atoms with Crippen molar-refractivity contribution in [1.82, 2.24) is 19.8 Å². The van der Waals surface area contributed by atoms with Crippen molar-refractivity contribution in [3.8, 4) is 5.88 Å². The fraction of sp³-hybridized carbons (Fsp3) is 0.571. The van der Waals surface area contributed by atoms with Crippen molar-refractivity contribution in [1.29, 1.82) is 0 Å². The van der Waals surface area contributed by atoms with Gasteiger partial charge in [0.2, 0.25) is 5.88 Å². The van der Waals surface area contributed by atoms with Crippen LogP contribution in [0, 0.1) is 0 Å². The number of aryl methyl sites for hydroxylation is 3. The third-order valence-corrected chi connectivity index (χ3v) is 6.73. The van der Waals surface area contributed by atoms with Gasteiger partial charge < -0.3 is 19.3 Å². The minimum absolute atomic E-state index is 0.0768. The normalized spacial score (nSPS) is 16.5. The molecule has 0 saturated carbocycles. The quantitative estimate of drug-likeness (QED) is 0.398. The molecule has 206 valence electrons. The smallest absolute Gasteiger partial charge is 0.388 e. The van der Waals surface area contributed by atoms with E-state index in [1.54, 1.807) is 36.6 Å². The van der Waals surface area contributed by atoms with Crippen LogP contribution in [0.1, 0.15) is 75.0 Å². The molecule has 2 aromatic rings. The average Bonchev–Trinajstić information content (AvgIpc) is 3.21. The van der Waals surface area contributed by atoms with Gasteiger partial charge in [-0.15, -0.1) is 0 Å². The number of fused-ring (bicyclic) bond motifs is 1. The fourth-order valence-corrected chi connectivity index (χ4v) is 5.01. The highest BCUT2D eigenvalue weighted by molar-refractivity contribution is 5.78. The zero-order valence-electron chi connectivity index (χ0n) is 22.3. The van der Waals surface area contributed by atoms with Crippen LogP contribution in [0.5, 0.6) is 5.88 Å². The summed E-state index contributed by atoms with van der Waals surface area (Å²) >= 11 is 0. The number of amides is 2. The van der Waals surface area contributed by atoms with Gasteiger partial charge in [-0.2, -0.15) is 8.78 Å². The summed E-state index contributed by atoms with van der Waals surface area (Å²) in [6, 6.07) is 6.33. The number of carbonyl (C=O) groups is 2. The molecule has 2 aliphatic rings. The average molecular weight is 531 g/mol. The van der Waals surface area contributed by atoms with Crippen LogP contribution in [0.4, 0.5) is 13.6 Å². The molecule has 10 heteroatoms. The van der Waals surface area contributed by atoms with E-state index in [0.717, 1.165) is 31.4 Å². The van der Waals surface area contributed by atoms with E-state index in [1.165, 1.54) is 36.4 Å². The molecule has 1 fully saturated rings. The van der Waals surface area contributed by atoms with Crippen molar-refractivity contribution in [2.45, 2.75) is 84.0 Å². The highest BCUT2D eigenvalue weighted by atomic mass is 19.3. The van der Waals surface area contributed by atoms with Gasteiger partial charge in [0.15, 0.2) is 0 Å². The molecule has 4 rings (SSSR count). The summed E-state index contributed by atoms with van der Waals surface area (Å²) in [6.45, 7) is 3.87. The molecule has 0 aromatic carbocycles.